The number of rotatable bonds is 7. The first-order valence-electron chi connectivity index (χ1n) is 7.12. The number of hydrogen-bond donors (Lipinski definition) is 2. The number of halogens is 2. The van der Waals surface area contributed by atoms with Crippen molar-refractivity contribution in [1.82, 2.24) is 4.98 Å². The van der Waals surface area contributed by atoms with Crippen molar-refractivity contribution in [3.8, 4) is 0 Å². The summed E-state index contributed by atoms with van der Waals surface area (Å²) in [5.41, 5.74) is 5.03. The van der Waals surface area contributed by atoms with E-state index in [0.717, 1.165) is 23.5 Å². The van der Waals surface area contributed by atoms with Gasteiger partial charge in [-0.15, -0.1) is 0 Å². The number of aliphatic imine (C=N–C) groups is 1. The van der Waals surface area contributed by atoms with Crippen molar-refractivity contribution in [1.29, 1.82) is 0 Å². The van der Waals surface area contributed by atoms with Crippen LogP contribution in [0.2, 0.25) is 0 Å². The van der Waals surface area contributed by atoms with Crippen LogP contribution < -0.4 is 11.1 Å². The maximum absolute atomic E-state index is 13.8. The lowest BCUT2D eigenvalue weighted by Gasteiger charge is -2.02. The fourth-order valence-electron chi connectivity index (χ4n) is 1.86. The van der Waals surface area contributed by atoms with Gasteiger partial charge < -0.3 is 15.8 Å². The number of nitrogens with zero attached hydrogens (tertiary/aromatic N) is 2. The van der Waals surface area contributed by atoms with E-state index in [9.17, 15) is 18.4 Å². The molecule has 1 aromatic heterocycles. The molecule has 0 aliphatic heterocycles. The van der Waals surface area contributed by atoms with Crippen LogP contribution in [-0.4, -0.2) is 23.3 Å². The number of hydrogen-bond acceptors (Lipinski definition) is 7. The highest BCUT2D eigenvalue weighted by Crippen LogP contribution is 2.29. The van der Waals surface area contributed by atoms with Crippen molar-refractivity contribution in [2.75, 3.05) is 11.1 Å². The zero-order chi connectivity index (χ0) is 18.4. The number of nitrogens with one attached hydrogen (secondary N) is 1. The number of nitrogen functional groups attached to an aromatic ring is 1. The Hall–Kier alpha value is -2.94. The Morgan fingerprint density at radius 3 is 2.68 bits per heavy atom. The van der Waals surface area contributed by atoms with Gasteiger partial charge in [-0.05, 0) is 25.1 Å². The third-order valence-electron chi connectivity index (χ3n) is 2.99. The lowest BCUT2D eigenvalue weighted by atomic mass is 10.1. The van der Waals surface area contributed by atoms with Crippen LogP contribution in [0, 0.1) is 11.6 Å². The van der Waals surface area contributed by atoms with Gasteiger partial charge in [-0.2, -0.15) is 0 Å². The van der Waals surface area contributed by atoms with Gasteiger partial charge in [0.05, 0.1) is 5.56 Å². The van der Waals surface area contributed by atoms with Crippen LogP contribution >= 0.6 is 11.3 Å². The molecule has 0 unspecified atom stereocenters. The standard InChI is InChI=1S/C16H14F2N4O2S/c1-2-11(20-7-4-8-23)21-16-22-15(19)14(25-16)13(24)12-9(17)5-3-6-10(12)18/h2-3,5-8H,4,19H2,1H3,(H,21,22)/b11-2+,20-7-. The average molecular weight is 364 g/mol. The Kier molecular flexibility index (Phi) is 6.07. The van der Waals surface area contributed by atoms with Crippen molar-refractivity contribution in [2.45, 2.75) is 13.3 Å². The highest BCUT2D eigenvalue weighted by atomic mass is 32.1. The number of allylic oxidation sites excluding steroid dienone is 1. The monoisotopic (exact) mass is 364 g/mol. The zero-order valence-corrected chi connectivity index (χ0v) is 13.9. The van der Waals surface area contributed by atoms with E-state index >= 15 is 0 Å². The van der Waals surface area contributed by atoms with Crippen molar-refractivity contribution in [3.63, 3.8) is 0 Å². The van der Waals surface area contributed by atoms with Crippen LogP contribution in [0.4, 0.5) is 19.7 Å². The minimum absolute atomic E-state index is 0.0844. The lowest BCUT2D eigenvalue weighted by molar-refractivity contribution is -0.106. The van der Waals surface area contributed by atoms with Crippen LogP contribution in [0.1, 0.15) is 28.6 Å². The van der Waals surface area contributed by atoms with Gasteiger partial charge in [0.25, 0.3) is 0 Å². The summed E-state index contributed by atoms with van der Waals surface area (Å²) in [7, 11) is 0. The fourth-order valence-corrected chi connectivity index (χ4v) is 2.70. The van der Waals surface area contributed by atoms with Crippen LogP contribution in [0.5, 0.6) is 0 Å². The first-order chi connectivity index (χ1) is 12.0. The molecule has 0 saturated carbocycles. The van der Waals surface area contributed by atoms with E-state index in [1.807, 2.05) is 0 Å². The molecule has 25 heavy (non-hydrogen) atoms. The van der Waals surface area contributed by atoms with E-state index < -0.39 is 23.0 Å². The number of nitrogens with two attached hydrogens (primary N) is 1. The topological polar surface area (TPSA) is 97.4 Å². The Morgan fingerprint density at radius 2 is 2.08 bits per heavy atom. The maximum atomic E-state index is 13.8. The predicted molar refractivity (Wildman–Crippen MR) is 92.9 cm³/mol. The van der Waals surface area contributed by atoms with Crippen LogP contribution in [0.3, 0.4) is 0 Å². The van der Waals surface area contributed by atoms with Crippen molar-refractivity contribution < 1.29 is 18.4 Å². The molecule has 0 aliphatic rings. The third kappa shape index (κ3) is 4.32. The molecule has 0 saturated heterocycles. The number of anilines is 2. The van der Waals surface area contributed by atoms with Gasteiger partial charge in [0.15, 0.2) is 5.13 Å². The maximum Gasteiger partial charge on any atom is 0.212 e. The molecule has 0 bridgehead atoms. The van der Waals surface area contributed by atoms with E-state index in [-0.39, 0.29) is 22.2 Å². The summed E-state index contributed by atoms with van der Waals surface area (Å²) < 4.78 is 27.5. The fraction of sp³-hybridized carbons (Fsp3) is 0.125. The molecule has 1 aromatic carbocycles. The molecule has 0 atom stereocenters. The molecule has 2 aromatic rings. The van der Waals surface area contributed by atoms with Crippen molar-refractivity contribution in [3.05, 3.63) is 52.2 Å². The molecule has 0 radical (unpaired) electrons. The Balaban J connectivity index is 2.28. The van der Waals surface area contributed by atoms with Crippen LogP contribution in [-0.2, 0) is 4.79 Å². The van der Waals surface area contributed by atoms with Gasteiger partial charge in [0, 0.05) is 12.6 Å². The van der Waals surface area contributed by atoms with E-state index in [4.69, 9.17) is 5.73 Å². The molecular weight excluding hydrogens is 350 g/mol. The molecule has 130 valence electrons. The summed E-state index contributed by atoms with van der Waals surface area (Å²) in [5.74, 6) is -2.59. The molecule has 1 heterocycles. The van der Waals surface area contributed by atoms with E-state index in [0.29, 0.717) is 12.1 Å². The largest absolute Gasteiger partial charge is 0.382 e. The molecule has 0 aliphatic carbocycles. The van der Waals surface area contributed by atoms with Gasteiger partial charge in [-0.3, -0.25) is 4.79 Å². The Bertz CT molecular complexity index is 842. The van der Waals surface area contributed by atoms with Crippen molar-refractivity contribution in [2.24, 2.45) is 4.99 Å². The van der Waals surface area contributed by atoms with Crippen LogP contribution in [0.15, 0.2) is 35.1 Å². The minimum Gasteiger partial charge on any atom is -0.382 e. The van der Waals surface area contributed by atoms with Gasteiger partial charge in [0.1, 0.15) is 34.4 Å². The summed E-state index contributed by atoms with van der Waals surface area (Å²) in [6.45, 7) is 1.71. The second-order valence-electron chi connectivity index (χ2n) is 4.67. The Morgan fingerprint density at radius 1 is 1.40 bits per heavy atom. The van der Waals surface area contributed by atoms with E-state index in [1.54, 1.807) is 13.0 Å². The summed E-state index contributed by atoms with van der Waals surface area (Å²) >= 11 is 0.848. The van der Waals surface area contributed by atoms with Gasteiger partial charge in [-0.25, -0.2) is 18.8 Å². The van der Waals surface area contributed by atoms with Crippen molar-refractivity contribution >= 4 is 40.6 Å². The number of carbonyl (C=O) groups excluding carboxylic acids is 2. The first kappa shape index (κ1) is 18.4. The van der Waals surface area contributed by atoms with Gasteiger partial charge in [-0.1, -0.05) is 17.4 Å². The minimum atomic E-state index is -0.972. The SMILES string of the molecule is C/C=C(\N=C/CC=O)Nc1nc(N)c(C(=O)c2c(F)cccc2F)s1. The second kappa shape index (κ2) is 8.25. The number of aldehydes is 1. The lowest BCUT2D eigenvalue weighted by Crippen LogP contribution is -2.07. The summed E-state index contributed by atoms with van der Waals surface area (Å²) in [5, 5.41) is 3.05. The molecule has 3 N–H and O–H groups in total. The average Bonchev–Trinajstić information content (AvgIpc) is 2.94. The van der Waals surface area contributed by atoms with Gasteiger partial charge >= 0.3 is 0 Å². The smallest absolute Gasteiger partial charge is 0.212 e. The highest BCUT2D eigenvalue weighted by Gasteiger charge is 2.24. The zero-order valence-electron chi connectivity index (χ0n) is 13.1. The predicted octanol–water partition coefficient (Wildman–Crippen LogP) is 3.17. The number of carbonyl (C=O) groups is 2. The molecular formula is C16H14F2N4O2S. The number of aromatic nitrogens is 1. The molecule has 0 fully saturated rings. The number of benzene rings is 1. The second-order valence-corrected chi connectivity index (χ2v) is 5.67. The first-order valence-corrected chi connectivity index (χ1v) is 7.94. The molecule has 2 rings (SSSR count). The summed E-state index contributed by atoms with van der Waals surface area (Å²) in [4.78, 5) is 30.6. The number of ketones is 1. The Labute approximate surface area is 146 Å². The quantitative estimate of drug-likeness (QED) is 0.447. The molecule has 9 heteroatoms. The highest BCUT2D eigenvalue weighted by molar-refractivity contribution is 7.18. The summed E-state index contributed by atoms with van der Waals surface area (Å²) in [6.07, 6.45) is 3.86. The van der Waals surface area contributed by atoms with Crippen LogP contribution in [0.25, 0.3) is 0 Å². The summed E-state index contributed by atoms with van der Waals surface area (Å²) in [6, 6.07) is 3.15. The number of thiazole rings is 1. The molecule has 0 amide bonds. The van der Waals surface area contributed by atoms with E-state index in [2.05, 4.69) is 15.3 Å². The normalized spacial score (nSPS) is 11.7. The molecule has 0 spiro atoms. The van der Waals surface area contributed by atoms with E-state index in [1.165, 1.54) is 12.3 Å². The van der Waals surface area contributed by atoms with Gasteiger partial charge in [0.2, 0.25) is 5.78 Å². The molecule has 6 nitrogen and oxygen atoms in total. The third-order valence-corrected chi connectivity index (χ3v) is 3.98.